The zero-order chi connectivity index (χ0) is 25.0. The van der Waals surface area contributed by atoms with Gasteiger partial charge in [0.2, 0.25) is 5.69 Å². The van der Waals surface area contributed by atoms with Crippen LogP contribution in [0.3, 0.4) is 0 Å². The molecule has 2 atom stereocenters. The minimum absolute atomic E-state index is 0.0419. The first-order chi connectivity index (χ1) is 17.5. The number of rotatable bonds is 4. The van der Waals surface area contributed by atoms with Crippen molar-refractivity contribution in [3.8, 4) is 22.5 Å². The van der Waals surface area contributed by atoms with Crippen LogP contribution in [0, 0.1) is 41.8 Å². The summed E-state index contributed by atoms with van der Waals surface area (Å²) in [6.07, 6.45) is 4.57. The number of hydrogen-bond donors (Lipinski definition) is 2. The fourth-order valence-electron chi connectivity index (χ4n) is 6.18. The van der Waals surface area contributed by atoms with Crippen molar-refractivity contribution in [1.29, 1.82) is 0 Å². The Kier molecular flexibility index (Phi) is 5.44. The van der Waals surface area contributed by atoms with E-state index in [9.17, 15) is 8.78 Å². The van der Waals surface area contributed by atoms with Crippen LogP contribution in [0.1, 0.15) is 32.6 Å². The second-order valence-corrected chi connectivity index (χ2v) is 9.91. The number of pyridine rings is 1. The minimum Gasteiger partial charge on any atom is -0.364 e. The number of fused-ring (bicyclic) bond motifs is 4. The van der Waals surface area contributed by atoms with E-state index in [-0.39, 0.29) is 45.4 Å². The molecule has 3 aliphatic carbocycles. The molecule has 7 rings (SSSR count). The van der Waals surface area contributed by atoms with Crippen molar-refractivity contribution in [3.63, 3.8) is 0 Å². The lowest BCUT2D eigenvalue weighted by Gasteiger charge is -2.47. The van der Waals surface area contributed by atoms with Gasteiger partial charge in [-0.15, -0.1) is 0 Å². The van der Waals surface area contributed by atoms with Gasteiger partial charge >= 0.3 is 0 Å². The van der Waals surface area contributed by atoms with E-state index in [2.05, 4.69) is 32.3 Å². The molecule has 3 saturated carbocycles. The van der Waals surface area contributed by atoms with Crippen molar-refractivity contribution in [3.05, 3.63) is 71.3 Å². The van der Waals surface area contributed by atoms with Gasteiger partial charge in [-0.2, -0.15) is 5.10 Å². The number of aromatic nitrogens is 3. The molecule has 4 aromatic rings. The van der Waals surface area contributed by atoms with Gasteiger partial charge in [0.15, 0.2) is 17.5 Å². The van der Waals surface area contributed by atoms with Crippen LogP contribution in [0.25, 0.3) is 38.3 Å². The molecule has 8 heteroatoms. The van der Waals surface area contributed by atoms with Crippen LogP contribution in [-0.4, -0.2) is 21.2 Å². The molecular formula is C28H24F3N5. The molecule has 0 unspecified atom stereocenters. The Morgan fingerprint density at radius 1 is 1.03 bits per heavy atom. The third-order valence-corrected chi connectivity index (χ3v) is 8.04. The summed E-state index contributed by atoms with van der Waals surface area (Å²) in [6, 6.07) is 10.8. The number of anilines is 1. The third-order valence-electron chi connectivity index (χ3n) is 8.04. The van der Waals surface area contributed by atoms with E-state index in [1.165, 1.54) is 12.8 Å². The van der Waals surface area contributed by atoms with Gasteiger partial charge in [0, 0.05) is 23.1 Å². The normalized spacial score (nSPS) is 23.1. The Morgan fingerprint density at radius 3 is 2.44 bits per heavy atom. The van der Waals surface area contributed by atoms with Gasteiger partial charge in [0.1, 0.15) is 11.3 Å². The van der Waals surface area contributed by atoms with Gasteiger partial charge in [0.05, 0.1) is 18.0 Å². The highest BCUT2D eigenvalue weighted by atomic mass is 19.1. The molecule has 2 aromatic heterocycles. The zero-order valence-corrected chi connectivity index (χ0v) is 19.7. The average molecular weight is 488 g/mol. The van der Waals surface area contributed by atoms with Gasteiger partial charge in [-0.3, -0.25) is 5.10 Å². The van der Waals surface area contributed by atoms with E-state index in [1.54, 1.807) is 24.3 Å². The molecule has 2 heterocycles. The summed E-state index contributed by atoms with van der Waals surface area (Å²) in [4.78, 5) is 8.22. The lowest BCUT2D eigenvalue weighted by Crippen LogP contribution is -2.47. The molecule has 0 spiro atoms. The van der Waals surface area contributed by atoms with Crippen LogP contribution in [0.4, 0.5) is 24.7 Å². The topological polar surface area (TPSA) is 58.0 Å². The lowest BCUT2D eigenvalue weighted by molar-refractivity contribution is 0.0926. The van der Waals surface area contributed by atoms with Gasteiger partial charge in [-0.25, -0.2) is 23.0 Å². The smallest absolute Gasteiger partial charge is 0.225 e. The lowest BCUT2D eigenvalue weighted by atomic mass is 9.62. The molecule has 3 fully saturated rings. The average Bonchev–Trinajstić information content (AvgIpc) is 3.31. The Hall–Kier alpha value is -3.86. The summed E-state index contributed by atoms with van der Waals surface area (Å²) in [5, 5.41) is 10.3. The summed E-state index contributed by atoms with van der Waals surface area (Å²) < 4.78 is 44.7. The number of hydrogen-bond acceptors (Lipinski definition) is 3. The molecule has 36 heavy (non-hydrogen) atoms. The van der Waals surface area contributed by atoms with E-state index < -0.39 is 17.5 Å². The van der Waals surface area contributed by atoms with Crippen molar-refractivity contribution in [2.75, 3.05) is 5.32 Å². The fourth-order valence-corrected chi connectivity index (χ4v) is 6.18. The molecule has 3 aliphatic rings. The standard InChI is InChI=1S/C28H24F3N5/c1-14-15-8-10-17(11-9-15)23(14)33-28-22(31)21(16-6-4-3-5-7-16)26(32-2)27(34-28)25-19-12-18(29)13-20(30)24(19)35-36-25/h3-7,12-15,17,23H,8-11H2,1H3,(H,33,34)(H,35,36)/t14-,15?,17?,23+/m0/s1. The highest BCUT2D eigenvalue weighted by molar-refractivity contribution is 5.99. The number of benzene rings is 2. The van der Waals surface area contributed by atoms with Crippen LogP contribution >= 0.6 is 0 Å². The molecule has 2 bridgehead atoms. The Bertz CT molecular complexity index is 1500. The summed E-state index contributed by atoms with van der Waals surface area (Å²) in [5.41, 5.74) is 0.792. The SMILES string of the molecule is [C-]#[N+]c1c(-c2[nH]nc3c(F)cc(F)cc23)nc(N[C@H]2C3CCC(CC3)[C@@H]2C)c(F)c1-c1ccccc1. The minimum atomic E-state index is -0.826. The quantitative estimate of drug-likeness (QED) is 0.293. The van der Waals surface area contributed by atoms with Crippen molar-refractivity contribution in [2.24, 2.45) is 17.8 Å². The number of halogens is 3. The Labute approximate surface area is 206 Å². The van der Waals surface area contributed by atoms with Crippen LogP contribution in [0.5, 0.6) is 0 Å². The highest BCUT2D eigenvalue weighted by Gasteiger charge is 2.42. The van der Waals surface area contributed by atoms with E-state index in [4.69, 9.17) is 6.57 Å². The summed E-state index contributed by atoms with van der Waals surface area (Å²) in [7, 11) is 0. The summed E-state index contributed by atoms with van der Waals surface area (Å²) in [6.45, 7) is 10.1. The van der Waals surface area contributed by atoms with Crippen LogP contribution in [0.2, 0.25) is 0 Å². The molecular weight excluding hydrogens is 463 g/mol. The molecule has 0 saturated heterocycles. The number of H-pyrrole nitrogens is 1. The maximum atomic E-state index is 16.2. The molecule has 0 aliphatic heterocycles. The van der Waals surface area contributed by atoms with E-state index in [0.717, 1.165) is 25.0 Å². The third kappa shape index (κ3) is 3.53. The predicted octanol–water partition coefficient (Wildman–Crippen LogP) is 7.50. The number of nitrogens with zero attached hydrogens (tertiary/aromatic N) is 3. The van der Waals surface area contributed by atoms with Crippen LogP contribution in [0.15, 0.2) is 42.5 Å². The molecule has 0 amide bonds. The molecule has 2 N–H and O–H groups in total. The van der Waals surface area contributed by atoms with Crippen molar-refractivity contribution >= 4 is 22.4 Å². The summed E-state index contributed by atoms with van der Waals surface area (Å²) in [5.74, 6) is -0.791. The molecule has 0 radical (unpaired) electrons. The highest BCUT2D eigenvalue weighted by Crippen LogP contribution is 2.48. The van der Waals surface area contributed by atoms with Crippen molar-refractivity contribution in [2.45, 2.75) is 38.6 Å². The van der Waals surface area contributed by atoms with Crippen LogP contribution < -0.4 is 5.32 Å². The fraction of sp³-hybridized carbons (Fsp3) is 0.321. The maximum absolute atomic E-state index is 16.2. The summed E-state index contributed by atoms with van der Waals surface area (Å²) >= 11 is 0. The second-order valence-electron chi connectivity index (χ2n) is 9.91. The van der Waals surface area contributed by atoms with Gasteiger partial charge in [0.25, 0.3) is 0 Å². The van der Waals surface area contributed by atoms with E-state index >= 15 is 4.39 Å². The van der Waals surface area contributed by atoms with Crippen molar-refractivity contribution in [1.82, 2.24) is 15.2 Å². The first kappa shape index (κ1) is 22.6. The first-order valence-electron chi connectivity index (χ1n) is 12.2. The Morgan fingerprint density at radius 2 is 1.75 bits per heavy atom. The van der Waals surface area contributed by atoms with E-state index in [0.29, 0.717) is 23.3 Å². The maximum Gasteiger partial charge on any atom is 0.225 e. The Balaban J connectivity index is 1.58. The second kappa shape index (κ2) is 8.66. The largest absolute Gasteiger partial charge is 0.364 e. The monoisotopic (exact) mass is 487 g/mol. The number of aromatic amines is 1. The number of nitrogens with one attached hydrogen (secondary N) is 2. The molecule has 182 valence electrons. The zero-order valence-electron chi connectivity index (χ0n) is 19.7. The van der Waals surface area contributed by atoms with Gasteiger partial charge < -0.3 is 5.32 Å². The predicted molar refractivity (Wildman–Crippen MR) is 133 cm³/mol. The van der Waals surface area contributed by atoms with E-state index in [1.807, 2.05) is 6.07 Å². The molecule has 5 nitrogen and oxygen atoms in total. The molecule has 2 aromatic carbocycles. The van der Waals surface area contributed by atoms with Gasteiger partial charge in [-0.05, 0) is 55.1 Å². The van der Waals surface area contributed by atoms with Crippen LogP contribution in [-0.2, 0) is 0 Å². The van der Waals surface area contributed by atoms with Crippen molar-refractivity contribution < 1.29 is 13.2 Å². The first-order valence-corrected chi connectivity index (χ1v) is 12.2. The van der Waals surface area contributed by atoms with Gasteiger partial charge in [-0.1, -0.05) is 37.3 Å².